The third-order valence-electron chi connectivity index (χ3n) is 3.22. The van der Waals surface area contributed by atoms with Gasteiger partial charge in [0.05, 0.1) is 0 Å². The van der Waals surface area contributed by atoms with Gasteiger partial charge < -0.3 is 5.11 Å². The zero-order valence-electron chi connectivity index (χ0n) is 14.0. The Morgan fingerprint density at radius 1 is 0.727 bits per heavy atom. The highest BCUT2D eigenvalue weighted by atomic mass is 16.4. The van der Waals surface area contributed by atoms with E-state index in [4.69, 9.17) is 5.11 Å². The van der Waals surface area contributed by atoms with Crippen molar-refractivity contribution in [2.45, 2.75) is 71.1 Å². The number of carbonyl (C=O) groups is 1. The summed E-state index contributed by atoms with van der Waals surface area (Å²) in [6.07, 6.45) is 27.3. The van der Waals surface area contributed by atoms with E-state index in [-0.39, 0.29) is 6.42 Å². The first-order valence-electron chi connectivity index (χ1n) is 8.59. The lowest BCUT2D eigenvalue weighted by atomic mass is 10.2. The molecule has 0 atom stereocenters. The molecule has 0 aliphatic carbocycles. The van der Waals surface area contributed by atoms with Crippen LogP contribution in [0.4, 0.5) is 0 Å². The molecule has 0 radical (unpaired) electrons. The number of aliphatic carboxylic acids is 1. The molecule has 1 N–H and O–H groups in total. The van der Waals surface area contributed by atoms with Crippen LogP contribution in [-0.4, -0.2) is 11.1 Å². The van der Waals surface area contributed by atoms with Crippen LogP contribution in [0.1, 0.15) is 71.1 Å². The van der Waals surface area contributed by atoms with E-state index in [1.54, 1.807) is 0 Å². The molecule has 0 aliphatic heterocycles. The molecule has 0 fully saturated rings. The summed E-state index contributed by atoms with van der Waals surface area (Å²) in [4.78, 5) is 10.3. The largest absolute Gasteiger partial charge is 0.481 e. The maximum Gasteiger partial charge on any atom is 0.303 e. The quantitative estimate of drug-likeness (QED) is 0.305. The average Bonchev–Trinajstić information content (AvgIpc) is 2.50. The molecular weight excluding hydrogens is 272 g/mol. The number of unbranched alkanes of at least 4 members (excludes halogenated alkanes) is 4. The highest BCUT2D eigenvalue weighted by Crippen LogP contribution is 2.01. The third kappa shape index (κ3) is 18.4. The molecule has 2 nitrogen and oxygen atoms in total. The normalized spacial score (nSPS) is 12.4. The number of hydrogen-bond donors (Lipinski definition) is 1. The predicted molar refractivity (Wildman–Crippen MR) is 96.0 cm³/mol. The van der Waals surface area contributed by atoms with Gasteiger partial charge in [0.2, 0.25) is 0 Å². The van der Waals surface area contributed by atoms with Crippen LogP contribution >= 0.6 is 0 Å². The van der Waals surface area contributed by atoms with Gasteiger partial charge in [-0.15, -0.1) is 0 Å². The summed E-state index contributed by atoms with van der Waals surface area (Å²) in [5.74, 6) is -0.712. The van der Waals surface area contributed by atoms with E-state index in [9.17, 15) is 4.79 Å². The number of rotatable bonds is 14. The van der Waals surface area contributed by atoms with Gasteiger partial charge in [-0.2, -0.15) is 0 Å². The molecule has 0 aromatic rings. The summed E-state index contributed by atoms with van der Waals surface area (Å²) >= 11 is 0. The van der Waals surface area contributed by atoms with Crippen molar-refractivity contribution in [1.82, 2.24) is 0 Å². The minimum absolute atomic E-state index is 0.262. The second-order valence-corrected chi connectivity index (χ2v) is 5.37. The Morgan fingerprint density at radius 3 is 1.64 bits per heavy atom. The second kappa shape index (κ2) is 17.5. The molecule has 2 heteroatoms. The van der Waals surface area contributed by atoms with E-state index in [0.717, 1.165) is 32.1 Å². The van der Waals surface area contributed by atoms with Crippen LogP contribution in [0.25, 0.3) is 0 Å². The Labute approximate surface area is 136 Å². The second-order valence-electron chi connectivity index (χ2n) is 5.37. The van der Waals surface area contributed by atoms with Crippen molar-refractivity contribution >= 4 is 5.97 Å². The number of carboxylic acid groups (broad SMARTS) is 1. The Bertz CT molecular complexity index is 362. The standard InChI is InChI=1S/C20H32O2/c1-2-3-4-5-6-7-8-9-10-11-12-13-14-15-16-17-18-19-20(21)22/h6-7,9-10,12-13,15-16H,2-5,8,11,14,17-19H2,1H3,(H,21,22)/b7-6?,10-9-,13-12?,16-15?. The van der Waals surface area contributed by atoms with Gasteiger partial charge in [0.1, 0.15) is 0 Å². The van der Waals surface area contributed by atoms with E-state index in [1.807, 2.05) is 0 Å². The molecule has 0 aromatic heterocycles. The van der Waals surface area contributed by atoms with Gasteiger partial charge in [-0.3, -0.25) is 4.79 Å². The first-order chi connectivity index (χ1) is 10.8. The van der Waals surface area contributed by atoms with Crippen LogP contribution in [0, 0.1) is 0 Å². The fourth-order valence-corrected chi connectivity index (χ4v) is 1.93. The summed E-state index contributed by atoms with van der Waals surface area (Å²) in [6.45, 7) is 2.23. The minimum atomic E-state index is -0.712. The van der Waals surface area contributed by atoms with E-state index in [2.05, 4.69) is 55.5 Å². The molecule has 0 saturated carbocycles. The summed E-state index contributed by atoms with van der Waals surface area (Å²) in [7, 11) is 0. The highest BCUT2D eigenvalue weighted by molar-refractivity contribution is 5.66. The van der Waals surface area contributed by atoms with E-state index in [0.29, 0.717) is 0 Å². The zero-order valence-corrected chi connectivity index (χ0v) is 14.0. The summed E-state index contributed by atoms with van der Waals surface area (Å²) in [5.41, 5.74) is 0. The summed E-state index contributed by atoms with van der Waals surface area (Å²) in [5, 5.41) is 8.49. The fourth-order valence-electron chi connectivity index (χ4n) is 1.93. The van der Waals surface area contributed by atoms with Crippen molar-refractivity contribution < 1.29 is 9.90 Å². The number of carboxylic acids is 1. The molecule has 124 valence electrons. The van der Waals surface area contributed by atoms with E-state index >= 15 is 0 Å². The molecule has 0 unspecified atom stereocenters. The topological polar surface area (TPSA) is 37.3 Å². The van der Waals surface area contributed by atoms with Crippen LogP contribution in [0.3, 0.4) is 0 Å². The third-order valence-corrected chi connectivity index (χ3v) is 3.22. The van der Waals surface area contributed by atoms with Gasteiger partial charge in [-0.25, -0.2) is 0 Å². The van der Waals surface area contributed by atoms with Crippen molar-refractivity contribution in [2.75, 3.05) is 0 Å². The summed E-state index contributed by atoms with van der Waals surface area (Å²) < 4.78 is 0. The first kappa shape index (κ1) is 20.4. The molecular formula is C20H32O2. The van der Waals surface area contributed by atoms with Gasteiger partial charge in [0.15, 0.2) is 0 Å². The lowest BCUT2D eigenvalue weighted by Gasteiger charge is -1.90. The smallest absolute Gasteiger partial charge is 0.303 e. The monoisotopic (exact) mass is 304 g/mol. The minimum Gasteiger partial charge on any atom is -0.481 e. The molecule has 0 aliphatic rings. The molecule has 0 heterocycles. The Morgan fingerprint density at radius 2 is 1.18 bits per heavy atom. The molecule has 0 rings (SSSR count). The first-order valence-corrected chi connectivity index (χ1v) is 8.59. The van der Waals surface area contributed by atoms with Crippen LogP contribution in [-0.2, 0) is 4.79 Å². The van der Waals surface area contributed by atoms with Crippen LogP contribution in [0.2, 0.25) is 0 Å². The Balaban J connectivity index is 3.40. The molecule has 22 heavy (non-hydrogen) atoms. The maximum atomic E-state index is 10.3. The van der Waals surface area contributed by atoms with E-state index in [1.165, 1.54) is 25.7 Å². The number of hydrogen-bond acceptors (Lipinski definition) is 1. The van der Waals surface area contributed by atoms with E-state index < -0.39 is 5.97 Å². The predicted octanol–water partition coefficient (Wildman–Crippen LogP) is 6.22. The molecule has 0 saturated heterocycles. The van der Waals surface area contributed by atoms with Gasteiger partial charge in [0.25, 0.3) is 0 Å². The van der Waals surface area contributed by atoms with Gasteiger partial charge >= 0.3 is 5.97 Å². The number of allylic oxidation sites excluding steroid dienone is 8. The van der Waals surface area contributed by atoms with Crippen molar-refractivity contribution in [3.05, 3.63) is 48.6 Å². The zero-order chi connectivity index (χ0) is 16.3. The fraction of sp³-hybridized carbons (Fsp3) is 0.550. The molecule has 0 spiro atoms. The van der Waals surface area contributed by atoms with Crippen molar-refractivity contribution in [2.24, 2.45) is 0 Å². The van der Waals surface area contributed by atoms with Crippen LogP contribution < -0.4 is 0 Å². The van der Waals surface area contributed by atoms with Crippen molar-refractivity contribution in [3.63, 3.8) is 0 Å². The average molecular weight is 304 g/mol. The van der Waals surface area contributed by atoms with Gasteiger partial charge in [0, 0.05) is 6.42 Å². The van der Waals surface area contributed by atoms with Gasteiger partial charge in [-0.05, 0) is 44.9 Å². The van der Waals surface area contributed by atoms with Crippen LogP contribution in [0.15, 0.2) is 48.6 Å². The lowest BCUT2D eigenvalue weighted by Crippen LogP contribution is -1.92. The molecule has 0 aromatic carbocycles. The highest BCUT2D eigenvalue weighted by Gasteiger charge is 1.92. The summed E-state index contributed by atoms with van der Waals surface area (Å²) in [6, 6.07) is 0. The van der Waals surface area contributed by atoms with Crippen LogP contribution in [0.5, 0.6) is 0 Å². The molecule has 0 amide bonds. The van der Waals surface area contributed by atoms with Crippen molar-refractivity contribution in [3.8, 4) is 0 Å². The van der Waals surface area contributed by atoms with Gasteiger partial charge in [-0.1, -0.05) is 68.4 Å². The SMILES string of the molecule is CCCCCC=CC/C=C\CC=CCC=CCCCC(=O)O. The maximum absolute atomic E-state index is 10.3. The lowest BCUT2D eigenvalue weighted by molar-refractivity contribution is -0.137. The molecule has 0 bridgehead atoms. The Kier molecular flexibility index (Phi) is 16.2. The Hall–Kier alpha value is -1.57. The van der Waals surface area contributed by atoms with Crippen molar-refractivity contribution in [1.29, 1.82) is 0 Å².